The van der Waals surface area contributed by atoms with E-state index in [0.29, 0.717) is 11.7 Å². The van der Waals surface area contributed by atoms with Gasteiger partial charge in [0.05, 0.1) is 15.9 Å². The van der Waals surface area contributed by atoms with Crippen LogP contribution in [0.3, 0.4) is 0 Å². The van der Waals surface area contributed by atoms with Crippen LogP contribution in [0.15, 0.2) is 27.6 Å². The van der Waals surface area contributed by atoms with Gasteiger partial charge in [-0.1, -0.05) is 38.6 Å². The number of carbonyl (C=O) groups excluding carboxylic acids is 1. The van der Waals surface area contributed by atoms with Crippen LogP contribution in [0.5, 0.6) is 0 Å². The average Bonchev–Trinajstić information content (AvgIpc) is 2.78. The number of hydrogen-bond donors (Lipinski definition) is 1. The first-order valence-electron chi connectivity index (χ1n) is 6.97. The van der Waals surface area contributed by atoms with Gasteiger partial charge in [0.25, 0.3) is 0 Å². The largest absolute Gasteiger partial charge is 0.273 e. The topological polar surface area (TPSA) is 54.4 Å². The molecule has 1 amide bonds. The van der Waals surface area contributed by atoms with Gasteiger partial charge in [0.1, 0.15) is 0 Å². The summed E-state index contributed by atoms with van der Waals surface area (Å²) in [4.78, 5) is 16.0. The number of rotatable bonds is 3. The Kier molecular flexibility index (Phi) is 3.99. The van der Waals surface area contributed by atoms with Crippen LogP contribution in [0.1, 0.15) is 32.8 Å². The van der Waals surface area contributed by atoms with Crippen molar-refractivity contribution in [2.45, 2.75) is 36.8 Å². The molecular weight excluding hydrogens is 302 g/mol. The van der Waals surface area contributed by atoms with Crippen LogP contribution in [-0.2, 0) is 4.79 Å². The van der Waals surface area contributed by atoms with Gasteiger partial charge in [-0.05, 0) is 12.1 Å². The minimum atomic E-state index is -0.0170. The van der Waals surface area contributed by atoms with Crippen molar-refractivity contribution in [3.63, 3.8) is 0 Å². The number of nitrogens with one attached hydrogen (secondary N) is 1. The van der Waals surface area contributed by atoms with Crippen molar-refractivity contribution in [1.82, 2.24) is 10.4 Å². The normalized spacial score (nSPS) is 19.0. The Balaban J connectivity index is 1.95. The zero-order valence-electron chi connectivity index (χ0n) is 12.2. The quantitative estimate of drug-likeness (QED) is 0.879. The Morgan fingerprint density at radius 3 is 2.95 bits per heavy atom. The number of hydrogen-bond acceptors (Lipinski definition) is 5. The van der Waals surface area contributed by atoms with Crippen molar-refractivity contribution in [3.05, 3.63) is 23.8 Å². The van der Waals surface area contributed by atoms with E-state index >= 15 is 0 Å². The third-order valence-corrected chi connectivity index (χ3v) is 5.39. The zero-order chi connectivity index (χ0) is 15.0. The summed E-state index contributed by atoms with van der Waals surface area (Å²) in [7, 11) is 0. The van der Waals surface area contributed by atoms with Crippen LogP contribution in [-0.4, -0.2) is 21.9 Å². The Labute approximate surface area is 132 Å². The molecule has 0 saturated carbocycles. The molecule has 4 nitrogen and oxygen atoms in total. The molecule has 1 aromatic carbocycles. The molecule has 0 bridgehead atoms. The Bertz CT molecular complexity index is 721. The third kappa shape index (κ3) is 3.11. The Hall–Kier alpha value is -1.40. The van der Waals surface area contributed by atoms with Gasteiger partial charge in [-0.2, -0.15) is 5.10 Å². The molecule has 3 rings (SSSR count). The van der Waals surface area contributed by atoms with Crippen LogP contribution in [0, 0.1) is 5.92 Å². The second kappa shape index (κ2) is 5.77. The molecule has 21 heavy (non-hydrogen) atoms. The first-order chi connectivity index (χ1) is 10.0. The van der Waals surface area contributed by atoms with E-state index in [-0.39, 0.29) is 11.8 Å². The molecule has 2 heterocycles. The van der Waals surface area contributed by atoms with E-state index in [0.717, 1.165) is 21.1 Å². The van der Waals surface area contributed by atoms with E-state index in [9.17, 15) is 4.79 Å². The molecule has 2 aromatic rings. The minimum absolute atomic E-state index is 0.0170. The van der Waals surface area contributed by atoms with Crippen molar-refractivity contribution in [2.24, 2.45) is 11.0 Å². The first-order valence-corrected chi connectivity index (χ1v) is 8.66. The third-order valence-electron chi connectivity index (χ3n) is 3.26. The van der Waals surface area contributed by atoms with E-state index < -0.39 is 0 Å². The molecule has 6 heteroatoms. The fourth-order valence-corrected chi connectivity index (χ4v) is 4.59. The van der Waals surface area contributed by atoms with E-state index in [1.54, 1.807) is 23.1 Å². The maximum atomic E-state index is 11.3. The molecule has 1 aromatic heterocycles. The van der Waals surface area contributed by atoms with Crippen molar-refractivity contribution >= 4 is 44.9 Å². The fourth-order valence-electron chi connectivity index (χ4n) is 2.32. The average molecular weight is 319 g/mol. The minimum Gasteiger partial charge on any atom is -0.273 e. The molecule has 1 atom stereocenters. The highest BCUT2D eigenvalue weighted by Crippen LogP contribution is 2.32. The molecule has 1 aliphatic rings. The maximum Gasteiger partial charge on any atom is 0.240 e. The van der Waals surface area contributed by atoms with Crippen LogP contribution in [0.4, 0.5) is 0 Å². The first kappa shape index (κ1) is 14.5. The second-order valence-corrected chi connectivity index (χ2v) is 8.32. The summed E-state index contributed by atoms with van der Waals surface area (Å²) in [6.07, 6.45) is 0.488. The number of amides is 1. The Morgan fingerprint density at radius 2 is 2.24 bits per heavy atom. The van der Waals surface area contributed by atoms with E-state index in [2.05, 4.69) is 47.6 Å². The second-order valence-electron chi connectivity index (χ2n) is 5.47. The standard InChI is InChI=1S/C15H17N3OS2/c1-8(2)20-15-16-11-7-10(4-5-12(11)21-15)14-9(3)6-13(19)17-18-14/h4-5,7-9H,6H2,1-3H3,(H,17,19). The van der Waals surface area contributed by atoms with Gasteiger partial charge in [-0.25, -0.2) is 10.4 Å². The number of benzene rings is 1. The number of thiazole rings is 1. The molecule has 0 aliphatic carbocycles. The number of hydrazone groups is 1. The number of carbonyl (C=O) groups is 1. The predicted molar refractivity (Wildman–Crippen MR) is 89.1 cm³/mol. The molecule has 1 unspecified atom stereocenters. The van der Waals surface area contributed by atoms with Gasteiger partial charge in [-0.3, -0.25) is 4.79 Å². The van der Waals surface area contributed by atoms with Crippen LogP contribution in [0.2, 0.25) is 0 Å². The molecule has 0 spiro atoms. The lowest BCUT2D eigenvalue weighted by Crippen LogP contribution is -2.31. The summed E-state index contributed by atoms with van der Waals surface area (Å²) in [6.45, 7) is 6.37. The number of fused-ring (bicyclic) bond motifs is 1. The van der Waals surface area contributed by atoms with Gasteiger partial charge in [0.15, 0.2) is 4.34 Å². The highest BCUT2D eigenvalue weighted by molar-refractivity contribution is 8.01. The van der Waals surface area contributed by atoms with Crippen molar-refractivity contribution in [1.29, 1.82) is 0 Å². The molecule has 0 fully saturated rings. The summed E-state index contributed by atoms with van der Waals surface area (Å²) < 4.78 is 2.29. The maximum absolute atomic E-state index is 11.3. The molecule has 0 saturated heterocycles. The van der Waals surface area contributed by atoms with Gasteiger partial charge in [0.2, 0.25) is 5.91 Å². The van der Waals surface area contributed by atoms with Crippen LogP contribution >= 0.6 is 23.1 Å². The Morgan fingerprint density at radius 1 is 1.43 bits per heavy atom. The monoisotopic (exact) mass is 319 g/mol. The summed E-state index contributed by atoms with van der Waals surface area (Å²) in [6, 6.07) is 6.23. The van der Waals surface area contributed by atoms with Crippen molar-refractivity contribution < 1.29 is 4.79 Å². The van der Waals surface area contributed by atoms with Gasteiger partial charge in [0, 0.05) is 23.2 Å². The fraction of sp³-hybridized carbons (Fsp3) is 0.400. The van der Waals surface area contributed by atoms with E-state index in [4.69, 9.17) is 0 Å². The number of thioether (sulfide) groups is 1. The highest BCUT2D eigenvalue weighted by Gasteiger charge is 2.22. The number of aromatic nitrogens is 1. The van der Waals surface area contributed by atoms with E-state index in [1.165, 1.54) is 4.70 Å². The summed E-state index contributed by atoms with van der Waals surface area (Å²) >= 11 is 3.51. The van der Waals surface area contributed by atoms with Crippen LogP contribution < -0.4 is 5.43 Å². The van der Waals surface area contributed by atoms with Gasteiger partial charge < -0.3 is 0 Å². The molecule has 1 N–H and O–H groups in total. The van der Waals surface area contributed by atoms with Crippen molar-refractivity contribution in [3.8, 4) is 0 Å². The molecular formula is C15H17N3OS2. The highest BCUT2D eigenvalue weighted by atomic mass is 32.2. The van der Waals surface area contributed by atoms with E-state index in [1.807, 2.05) is 6.92 Å². The summed E-state index contributed by atoms with van der Waals surface area (Å²) in [5, 5.41) is 4.74. The summed E-state index contributed by atoms with van der Waals surface area (Å²) in [5.74, 6) is 0.121. The number of nitrogens with zero attached hydrogens (tertiary/aromatic N) is 2. The molecule has 110 valence electrons. The predicted octanol–water partition coefficient (Wildman–Crippen LogP) is 3.66. The zero-order valence-corrected chi connectivity index (χ0v) is 13.8. The SMILES string of the molecule is CC(C)Sc1nc2cc(C3=NNC(=O)CC3C)ccc2s1. The smallest absolute Gasteiger partial charge is 0.240 e. The summed E-state index contributed by atoms with van der Waals surface area (Å²) in [5.41, 5.74) is 5.55. The molecule has 1 aliphatic heterocycles. The van der Waals surface area contributed by atoms with Gasteiger partial charge >= 0.3 is 0 Å². The molecule has 0 radical (unpaired) electrons. The lowest BCUT2D eigenvalue weighted by atomic mass is 9.94. The lowest BCUT2D eigenvalue weighted by molar-refractivity contribution is -0.121. The van der Waals surface area contributed by atoms with Gasteiger partial charge in [-0.15, -0.1) is 11.3 Å². The lowest BCUT2D eigenvalue weighted by Gasteiger charge is -2.18. The van der Waals surface area contributed by atoms with Crippen molar-refractivity contribution in [2.75, 3.05) is 0 Å². The van der Waals surface area contributed by atoms with Crippen LogP contribution in [0.25, 0.3) is 10.2 Å².